The van der Waals surface area contributed by atoms with Crippen molar-refractivity contribution < 1.29 is 4.79 Å². The first-order valence-electron chi connectivity index (χ1n) is 5.92. The third-order valence-corrected chi connectivity index (χ3v) is 4.24. The lowest BCUT2D eigenvalue weighted by Crippen LogP contribution is -2.53. The molecule has 1 amide bonds. The zero-order valence-corrected chi connectivity index (χ0v) is 13.2. The van der Waals surface area contributed by atoms with Crippen molar-refractivity contribution in [2.24, 2.45) is 11.1 Å². The maximum atomic E-state index is 12.3. The molecule has 0 aliphatic heterocycles. The molecule has 1 aromatic carbocycles. The lowest BCUT2D eigenvalue weighted by molar-refractivity contribution is -0.126. The fraction of sp³-hybridized carbons (Fsp3) is 0.500. The number of anilines is 1. The van der Waals surface area contributed by atoms with Crippen molar-refractivity contribution in [1.82, 2.24) is 0 Å². The van der Waals surface area contributed by atoms with Crippen molar-refractivity contribution in [2.45, 2.75) is 40.2 Å². The van der Waals surface area contributed by atoms with Crippen LogP contribution in [0.5, 0.6) is 0 Å². The zero-order valence-electron chi connectivity index (χ0n) is 11.6. The molecule has 3 N–H and O–H groups in total. The highest BCUT2D eigenvalue weighted by Gasteiger charge is 2.40. The first-order valence-corrected chi connectivity index (χ1v) is 6.71. The first kappa shape index (κ1) is 15.2. The van der Waals surface area contributed by atoms with Gasteiger partial charge in [-0.25, -0.2) is 0 Å². The summed E-state index contributed by atoms with van der Waals surface area (Å²) in [5, 5.41) is 2.93. The molecule has 18 heavy (non-hydrogen) atoms. The summed E-state index contributed by atoms with van der Waals surface area (Å²) in [4.78, 5) is 12.3. The van der Waals surface area contributed by atoms with Crippen LogP contribution in [0, 0.1) is 12.3 Å². The molecule has 100 valence electrons. The van der Waals surface area contributed by atoms with Gasteiger partial charge in [0.15, 0.2) is 0 Å². The van der Waals surface area contributed by atoms with Gasteiger partial charge in [-0.15, -0.1) is 0 Å². The summed E-state index contributed by atoms with van der Waals surface area (Å²) in [5.41, 5.74) is 6.69. The number of hydrogen-bond acceptors (Lipinski definition) is 2. The number of benzene rings is 1. The lowest BCUT2D eigenvalue weighted by atomic mass is 9.74. The molecule has 0 saturated heterocycles. The van der Waals surface area contributed by atoms with E-state index in [9.17, 15) is 4.79 Å². The average Bonchev–Trinajstić information content (AvgIpc) is 2.21. The predicted molar refractivity (Wildman–Crippen MR) is 79.6 cm³/mol. The third-order valence-electron chi connectivity index (χ3n) is 3.55. The van der Waals surface area contributed by atoms with Crippen molar-refractivity contribution in [2.75, 3.05) is 5.32 Å². The Morgan fingerprint density at radius 1 is 1.28 bits per heavy atom. The summed E-state index contributed by atoms with van der Waals surface area (Å²) < 4.78 is 0.868. The Morgan fingerprint density at radius 3 is 2.33 bits per heavy atom. The van der Waals surface area contributed by atoms with Crippen LogP contribution in [0.2, 0.25) is 0 Å². The lowest BCUT2D eigenvalue weighted by Gasteiger charge is -2.37. The van der Waals surface area contributed by atoms with Crippen molar-refractivity contribution in [3.63, 3.8) is 0 Å². The molecule has 0 fully saturated rings. The molecule has 0 bridgehead atoms. The van der Waals surface area contributed by atoms with Crippen molar-refractivity contribution >= 4 is 27.5 Å². The first-order chi connectivity index (χ1) is 8.05. The Labute approximate surface area is 117 Å². The average molecular weight is 313 g/mol. The normalized spacial score (nSPS) is 12.4. The highest BCUT2D eigenvalue weighted by atomic mass is 79.9. The van der Waals surface area contributed by atoms with E-state index in [4.69, 9.17) is 5.73 Å². The van der Waals surface area contributed by atoms with Crippen LogP contribution in [0.25, 0.3) is 0 Å². The largest absolute Gasteiger partial charge is 0.325 e. The van der Waals surface area contributed by atoms with E-state index in [-0.39, 0.29) is 5.91 Å². The van der Waals surface area contributed by atoms with E-state index >= 15 is 0 Å². The number of nitrogens with one attached hydrogen (secondary N) is 1. The Morgan fingerprint density at radius 2 is 1.83 bits per heavy atom. The highest BCUT2D eigenvalue weighted by Crippen LogP contribution is 2.31. The molecule has 0 saturated carbocycles. The summed E-state index contributed by atoms with van der Waals surface area (Å²) in [7, 11) is 0. The summed E-state index contributed by atoms with van der Waals surface area (Å²) in [6.07, 6.45) is 0. The smallest absolute Gasteiger partial charge is 0.231 e. The second-order valence-electron chi connectivity index (χ2n) is 5.78. The third kappa shape index (κ3) is 3.12. The van der Waals surface area contributed by atoms with Crippen molar-refractivity contribution in [3.05, 3.63) is 28.2 Å². The molecular weight excluding hydrogens is 292 g/mol. The molecule has 0 aromatic heterocycles. The van der Waals surface area contributed by atoms with E-state index in [1.54, 1.807) is 0 Å². The van der Waals surface area contributed by atoms with Crippen LogP contribution in [-0.2, 0) is 4.79 Å². The minimum Gasteiger partial charge on any atom is -0.325 e. The van der Waals surface area contributed by atoms with E-state index in [1.165, 1.54) is 0 Å². The Hall–Kier alpha value is -0.870. The van der Waals surface area contributed by atoms with Gasteiger partial charge in [0, 0.05) is 10.0 Å². The standard InChI is InChI=1S/C14H21BrN2O/c1-9-6-7-10(15)11(8-9)17-12(18)13(2,3)14(4,5)16/h6-8H,16H2,1-5H3,(H,17,18). The number of hydrogen-bond donors (Lipinski definition) is 2. The molecule has 0 spiro atoms. The summed E-state index contributed by atoms with van der Waals surface area (Å²) in [6.45, 7) is 9.41. The van der Waals surface area contributed by atoms with Gasteiger partial charge in [-0.3, -0.25) is 4.79 Å². The minimum atomic E-state index is -0.657. The monoisotopic (exact) mass is 312 g/mol. The fourth-order valence-electron chi connectivity index (χ4n) is 1.31. The van der Waals surface area contributed by atoms with Crippen LogP contribution >= 0.6 is 15.9 Å². The van der Waals surface area contributed by atoms with E-state index in [0.29, 0.717) is 0 Å². The van der Waals surface area contributed by atoms with Gasteiger partial charge in [-0.1, -0.05) is 6.07 Å². The maximum Gasteiger partial charge on any atom is 0.231 e. The summed E-state index contributed by atoms with van der Waals surface area (Å²) in [6, 6.07) is 5.84. The van der Waals surface area contributed by atoms with Gasteiger partial charge in [0.1, 0.15) is 0 Å². The van der Waals surface area contributed by atoms with Crippen LogP contribution in [0.4, 0.5) is 5.69 Å². The van der Waals surface area contributed by atoms with Crippen LogP contribution in [0.15, 0.2) is 22.7 Å². The number of carbonyl (C=O) groups is 1. The molecular formula is C14H21BrN2O. The van der Waals surface area contributed by atoms with Crippen molar-refractivity contribution in [3.8, 4) is 0 Å². The van der Waals surface area contributed by atoms with Crippen molar-refractivity contribution in [1.29, 1.82) is 0 Å². The SMILES string of the molecule is Cc1ccc(Br)c(NC(=O)C(C)(C)C(C)(C)N)c1. The van der Waals surface area contributed by atoms with Gasteiger partial charge in [0.2, 0.25) is 5.91 Å². The van der Waals surface area contributed by atoms with Crippen LogP contribution in [0.1, 0.15) is 33.3 Å². The molecule has 1 aromatic rings. The van der Waals surface area contributed by atoms with Gasteiger partial charge >= 0.3 is 0 Å². The quantitative estimate of drug-likeness (QED) is 0.898. The Balaban J connectivity index is 2.98. The fourth-order valence-corrected chi connectivity index (χ4v) is 1.65. The molecule has 4 heteroatoms. The number of halogens is 1. The molecule has 0 aliphatic rings. The number of aryl methyl sites for hydroxylation is 1. The van der Waals surface area contributed by atoms with Gasteiger partial charge in [0.25, 0.3) is 0 Å². The second-order valence-corrected chi connectivity index (χ2v) is 6.64. The number of carbonyl (C=O) groups excluding carboxylic acids is 1. The molecule has 3 nitrogen and oxygen atoms in total. The van der Waals surface area contributed by atoms with E-state index in [2.05, 4.69) is 21.2 Å². The molecule has 1 rings (SSSR count). The highest BCUT2D eigenvalue weighted by molar-refractivity contribution is 9.10. The molecule has 0 atom stereocenters. The summed E-state index contributed by atoms with van der Waals surface area (Å²) >= 11 is 3.43. The second kappa shape index (κ2) is 5.02. The Kier molecular flexibility index (Phi) is 4.23. The number of amides is 1. The Bertz CT molecular complexity index is 461. The van der Waals surface area contributed by atoms with E-state index < -0.39 is 11.0 Å². The predicted octanol–water partition coefficient (Wildman–Crippen LogP) is 3.46. The van der Waals surface area contributed by atoms with Gasteiger partial charge in [-0.05, 0) is 68.2 Å². The number of nitrogens with two attached hydrogens (primary N) is 1. The molecule has 0 aliphatic carbocycles. The zero-order chi connectivity index (χ0) is 14.1. The number of rotatable bonds is 3. The van der Waals surface area contributed by atoms with Gasteiger partial charge < -0.3 is 11.1 Å². The van der Waals surface area contributed by atoms with Crippen LogP contribution < -0.4 is 11.1 Å². The maximum absolute atomic E-state index is 12.3. The minimum absolute atomic E-state index is 0.0821. The van der Waals surface area contributed by atoms with Gasteiger partial charge in [0.05, 0.1) is 11.1 Å². The molecule has 0 unspecified atom stereocenters. The van der Waals surface area contributed by atoms with E-state index in [1.807, 2.05) is 52.8 Å². The summed E-state index contributed by atoms with van der Waals surface area (Å²) in [5.74, 6) is -0.0821. The van der Waals surface area contributed by atoms with Crippen LogP contribution in [-0.4, -0.2) is 11.4 Å². The van der Waals surface area contributed by atoms with Gasteiger partial charge in [-0.2, -0.15) is 0 Å². The van der Waals surface area contributed by atoms with E-state index in [0.717, 1.165) is 15.7 Å². The molecule has 0 heterocycles. The topological polar surface area (TPSA) is 55.1 Å². The molecule has 0 radical (unpaired) electrons. The van der Waals surface area contributed by atoms with Crippen LogP contribution in [0.3, 0.4) is 0 Å².